The third-order valence-corrected chi connectivity index (χ3v) is 8.76. The maximum atomic E-state index is 12.3. The summed E-state index contributed by atoms with van der Waals surface area (Å²) in [5, 5.41) is 21.8. The van der Waals surface area contributed by atoms with Gasteiger partial charge in [0, 0.05) is 5.92 Å². The average Bonchev–Trinajstić information content (AvgIpc) is 2.83. The first kappa shape index (κ1) is 17.7. The van der Waals surface area contributed by atoms with E-state index in [2.05, 4.69) is 19.9 Å². The molecule has 0 saturated heterocycles. The first-order valence-electron chi connectivity index (χ1n) is 10.2. The number of Topliss-reactive ketones (excluding diaryl/α,β-unsaturated/α-hetero) is 1. The van der Waals surface area contributed by atoms with Crippen LogP contribution in [0.25, 0.3) is 0 Å². The van der Waals surface area contributed by atoms with Gasteiger partial charge >= 0.3 is 0 Å². The van der Waals surface area contributed by atoms with E-state index in [1.54, 1.807) is 6.92 Å². The molecule has 7 unspecified atom stereocenters. The quantitative estimate of drug-likeness (QED) is 0.709. The van der Waals surface area contributed by atoms with Crippen LogP contribution >= 0.6 is 0 Å². The second kappa shape index (κ2) is 5.42. The van der Waals surface area contributed by atoms with Crippen molar-refractivity contribution in [1.29, 1.82) is 0 Å². The van der Waals surface area contributed by atoms with Crippen LogP contribution in [0.2, 0.25) is 0 Å². The van der Waals surface area contributed by atoms with Gasteiger partial charge in [-0.25, -0.2) is 0 Å². The highest BCUT2D eigenvalue weighted by Gasteiger charge is 2.65. The van der Waals surface area contributed by atoms with Crippen LogP contribution in [-0.2, 0) is 4.79 Å². The number of aliphatic hydroxyl groups excluding tert-OH is 1. The number of carbonyl (C=O) groups excluding carboxylic acids is 1. The molecular weight excluding hydrogens is 312 g/mol. The molecule has 0 radical (unpaired) electrons. The van der Waals surface area contributed by atoms with E-state index in [1.807, 2.05) is 6.92 Å². The molecule has 0 amide bonds. The molecule has 0 spiro atoms. The van der Waals surface area contributed by atoms with Crippen LogP contribution in [0.1, 0.15) is 72.6 Å². The minimum absolute atomic E-state index is 0.00128. The van der Waals surface area contributed by atoms with Crippen molar-refractivity contribution >= 4 is 5.78 Å². The standard InChI is InChI=1S/C22H34O3/c1-13(23)17-7-8-18-16-6-5-14-11-15(24)9-10-20(14,2)19(16)22(4,25)12-21(17,18)3/h5,15-19,24-25H,6-12H2,1-4H3/t15-,16?,17?,18?,19?,20?,21?,22?/m0/s1. The van der Waals surface area contributed by atoms with E-state index in [9.17, 15) is 15.0 Å². The van der Waals surface area contributed by atoms with E-state index < -0.39 is 5.60 Å². The van der Waals surface area contributed by atoms with Gasteiger partial charge in [-0.1, -0.05) is 25.5 Å². The fourth-order valence-electron chi connectivity index (χ4n) is 8.09. The van der Waals surface area contributed by atoms with E-state index in [-0.39, 0.29) is 28.8 Å². The lowest BCUT2D eigenvalue weighted by atomic mass is 9.43. The molecule has 0 heterocycles. The topological polar surface area (TPSA) is 57.5 Å². The van der Waals surface area contributed by atoms with E-state index in [0.29, 0.717) is 17.6 Å². The Labute approximate surface area is 151 Å². The van der Waals surface area contributed by atoms with Crippen molar-refractivity contribution in [3.05, 3.63) is 11.6 Å². The Hall–Kier alpha value is -0.670. The zero-order chi connectivity index (χ0) is 18.2. The van der Waals surface area contributed by atoms with Crippen LogP contribution in [0, 0.1) is 34.5 Å². The third kappa shape index (κ3) is 2.34. The first-order valence-corrected chi connectivity index (χ1v) is 10.2. The summed E-state index contributed by atoms with van der Waals surface area (Å²) < 4.78 is 0. The zero-order valence-corrected chi connectivity index (χ0v) is 16.2. The Morgan fingerprint density at radius 2 is 1.92 bits per heavy atom. The summed E-state index contributed by atoms with van der Waals surface area (Å²) in [7, 11) is 0. The van der Waals surface area contributed by atoms with Crippen molar-refractivity contribution in [2.45, 2.75) is 84.3 Å². The Bertz CT molecular complexity index is 621. The van der Waals surface area contributed by atoms with Gasteiger partial charge in [0.15, 0.2) is 0 Å². The number of fused-ring (bicyclic) bond motifs is 5. The van der Waals surface area contributed by atoms with Crippen molar-refractivity contribution in [3.63, 3.8) is 0 Å². The average molecular weight is 347 g/mol. The predicted molar refractivity (Wildman–Crippen MR) is 97.9 cm³/mol. The van der Waals surface area contributed by atoms with Gasteiger partial charge in [-0.15, -0.1) is 0 Å². The van der Waals surface area contributed by atoms with Gasteiger partial charge in [-0.2, -0.15) is 0 Å². The molecule has 4 rings (SSSR count). The van der Waals surface area contributed by atoms with Gasteiger partial charge in [0.05, 0.1) is 11.7 Å². The van der Waals surface area contributed by atoms with E-state index in [1.165, 1.54) is 5.57 Å². The second-order valence-corrected chi connectivity index (χ2v) is 10.3. The largest absolute Gasteiger partial charge is 0.393 e. The number of allylic oxidation sites excluding steroid dienone is 1. The molecule has 0 aliphatic heterocycles. The molecule has 2 N–H and O–H groups in total. The summed E-state index contributed by atoms with van der Waals surface area (Å²) in [6.07, 6.45) is 8.60. The maximum Gasteiger partial charge on any atom is 0.133 e. The van der Waals surface area contributed by atoms with Crippen molar-refractivity contribution in [2.24, 2.45) is 34.5 Å². The molecule has 0 bridgehead atoms. The molecule has 140 valence electrons. The SMILES string of the molecule is CC(=O)C1CCC2C3CC=C4C[C@@H](O)CCC4(C)C3C(C)(O)CC12C. The number of aliphatic hydroxyl groups is 2. The lowest BCUT2D eigenvalue weighted by molar-refractivity contribution is -0.180. The monoisotopic (exact) mass is 346 g/mol. The third-order valence-electron chi connectivity index (χ3n) is 8.76. The minimum atomic E-state index is -0.746. The summed E-state index contributed by atoms with van der Waals surface area (Å²) in [6, 6.07) is 0. The molecule has 4 aliphatic rings. The van der Waals surface area contributed by atoms with Gasteiger partial charge in [-0.05, 0) is 87.4 Å². The summed E-state index contributed by atoms with van der Waals surface area (Å²) in [4.78, 5) is 12.3. The Morgan fingerprint density at radius 3 is 2.60 bits per heavy atom. The van der Waals surface area contributed by atoms with Gasteiger partial charge in [0.1, 0.15) is 5.78 Å². The Balaban J connectivity index is 1.77. The molecule has 0 aromatic carbocycles. The summed E-state index contributed by atoms with van der Waals surface area (Å²) >= 11 is 0. The van der Waals surface area contributed by atoms with Crippen LogP contribution in [0.4, 0.5) is 0 Å². The molecule has 8 atom stereocenters. The lowest BCUT2D eigenvalue weighted by Crippen LogP contribution is -2.61. The zero-order valence-electron chi connectivity index (χ0n) is 16.2. The highest BCUT2D eigenvalue weighted by Crippen LogP contribution is 2.68. The van der Waals surface area contributed by atoms with Crippen molar-refractivity contribution in [2.75, 3.05) is 0 Å². The summed E-state index contributed by atoms with van der Waals surface area (Å²) in [6.45, 7) is 8.37. The second-order valence-electron chi connectivity index (χ2n) is 10.3. The highest BCUT2D eigenvalue weighted by molar-refractivity contribution is 5.79. The Morgan fingerprint density at radius 1 is 1.20 bits per heavy atom. The van der Waals surface area contributed by atoms with E-state index in [4.69, 9.17) is 0 Å². The minimum Gasteiger partial charge on any atom is -0.393 e. The smallest absolute Gasteiger partial charge is 0.133 e. The molecule has 3 saturated carbocycles. The van der Waals surface area contributed by atoms with Gasteiger partial charge < -0.3 is 10.2 Å². The van der Waals surface area contributed by atoms with Crippen LogP contribution in [-0.4, -0.2) is 27.7 Å². The molecular formula is C22H34O3. The molecule has 3 fully saturated rings. The highest BCUT2D eigenvalue weighted by atomic mass is 16.3. The lowest BCUT2D eigenvalue weighted by Gasteiger charge is -2.63. The van der Waals surface area contributed by atoms with Gasteiger partial charge in [-0.3, -0.25) is 4.79 Å². The van der Waals surface area contributed by atoms with Gasteiger partial charge in [0.25, 0.3) is 0 Å². The molecule has 25 heavy (non-hydrogen) atoms. The first-order chi connectivity index (χ1) is 11.6. The normalized spacial score (nSPS) is 55.0. The molecule has 0 aromatic rings. The fraction of sp³-hybridized carbons (Fsp3) is 0.864. The summed E-state index contributed by atoms with van der Waals surface area (Å²) in [5.74, 6) is 1.65. The number of hydrogen-bond acceptors (Lipinski definition) is 3. The van der Waals surface area contributed by atoms with E-state index in [0.717, 1.165) is 44.9 Å². The molecule has 0 aromatic heterocycles. The number of ketones is 1. The van der Waals surface area contributed by atoms with Crippen molar-refractivity contribution in [3.8, 4) is 0 Å². The number of carbonyl (C=O) groups is 1. The van der Waals surface area contributed by atoms with Crippen molar-refractivity contribution in [1.82, 2.24) is 0 Å². The Kier molecular flexibility index (Phi) is 3.84. The van der Waals surface area contributed by atoms with E-state index >= 15 is 0 Å². The number of hydrogen-bond donors (Lipinski definition) is 2. The molecule has 4 aliphatic carbocycles. The molecule has 3 nitrogen and oxygen atoms in total. The number of rotatable bonds is 1. The maximum absolute atomic E-state index is 12.3. The van der Waals surface area contributed by atoms with Gasteiger partial charge in [0.2, 0.25) is 0 Å². The predicted octanol–water partition coefficient (Wildman–Crippen LogP) is 3.88. The van der Waals surface area contributed by atoms with Crippen molar-refractivity contribution < 1.29 is 15.0 Å². The fourth-order valence-corrected chi connectivity index (χ4v) is 8.09. The van der Waals surface area contributed by atoms with Crippen LogP contribution in [0.15, 0.2) is 11.6 Å². The molecule has 3 heteroatoms. The van der Waals surface area contributed by atoms with Crippen LogP contribution < -0.4 is 0 Å². The van der Waals surface area contributed by atoms with Crippen LogP contribution in [0.5, 0.6) is 0 Å². The summed E-state index contributed by atoms with van der Waals surface area (Å²) in [5.41, 5.74) is 0.565. The van der Waals surface area contributed by atoms with Crippen LogP contribution in [0.3, 0.4) is 0 Å².